The second-order valence-corrected chi connectivity index (χ2v) is 4.38. The second kappa shape index (κ2) is 7.53. The lowest BCUT2D eigenvalue weighted by Crippen LogP contribution is -2.47. The lowest BCUT2D eigenvalue weighted by atomic mass is 10.1. The van der Waals surface area contributed by atoms with Gasteiger partial charge in [-0.05, 0) is 25.3 Å². The highest BCUT2D eigenvalue weighted by Crippen LogP contribution is 2.04. The third-order valence-corrected chi connectivity index (χ3v) is 2.84. The summed E-state index contributed by atoms with van der Waals surface area (Å²) in [6.45, 7) is 1.56. The van der Waals surface area contributed by atoms with Crippen molar-refractivity contribution in [3.8, 4) is 0 Å². The zero-order valence-corrected chi connectivity index (χ0v) is 11.3. The average Bonchev–Trinajstić information content (AvgIpc) is 2.44. The summed E-state index contributed by atoms with van der Waals surface area (Å²) in [5.41, 5.74) is 6.92. The number of rotatable bonds is 6. The molecule has 1 rings (SSSR count). The van der Waals surface area contributed by atoms with Gasteiger partial charge in [0.1, 0.15) is 6.04 Å². The minimum absolute atomic E-state index is 0.339. The molecule has 0 saturated heterocycles. The van der Waals surface area contributed by atoms with Gasteiger partial charge in [-0.15, -0.1) is 0 Å². The van der Waals surface area contributed by atoms with Crippen LogP contribution < -0.4 is 11.1 Å². The van der Waals surface area contributed by atoms with Crippen LogP contribution in [0, 0.1) is 0 Å². The number of nitrogens with one attached hydrogen (secondary N) is 1. The largest absolute Gasteiger partial charge is 0.467 e. The Balaban J connectivity index is 2.39. The molecule has 2 unspecified atom stereocenters. The molecule has 0 spiro atoms. The van der Waals surface area contributed by atoms with Crippen molar-refractivity contribution in [1.29, 1.82) is 0 Å². The van der Waals surface area contributed by atoms with Crippen LogP contribution in [-0.2, 0) is 20.7 Å². The van der Waals surface area contributed by atoms with Crippen LogP contribution in [-0.4, -0.2) is 31.1 Å². The molecular formula is C14H20N2O3. The van der Waals surface area contributed by atoms with E-state index in [1.165, 1.54) is 7.11 Å². The third-order valence-electron chi connectivity index (χ3n) is 2.84. The number of carbonyl (C=O) groups is 2. The van der Waals surface area contributed by atoms with E-state index in [2.05, 4.69) is 10.1 Å². The van der Waals surface area contributed by atoms with Gasteiger partial charge in [0.15, 0.2) is 0 Å². The summed E-state index contributed by atoms with van der Waals surface area (Å²) in [6, 6.07) is 8.49. The number of hydrogen-bond donors (Lipinski definition) is 2. The lowest BCUT2D eigenvalue weighted by molar-refractivity contribution is -0.144. The van der Waals surface area contributed by atoms with E-state index in [9.17, 15) is 9.59 Å². The Labute approximate surface area is 113 Å². The fraction of sp³-hybridized carbons (Fsp3) is 0.429. The average molecular weight is 264 g/mol. The summed E-state index contributed by atoms with van der Waals surface area (Å²) < 4.78 is 4.53. The van der Waals surface area contributed by atoms with Gasteiger partial charge in [0.25, 0.3) is 0 Å². The van der Waals surface area contributed by atoms with E-state index < -0.39 is 18.1 Å². The Bertz CT molecular complexity index is 420. The van der Waals surface area contributed by atoms with E-state index in [1.807, 2.05) is 30.3 Å². The zero-order chi connectivity index (χ0) is 14.3. The number of aryl methyl sites for hydroxylation is 1. The Hall–Kier alpha value is -1.88. The first-order valence-electron chi connectivity index (χ1n) is 6.22. The number of ether oxygens (including phenoxy) is 1. The monoisotopic (exact) mass is 264 g/mol. The summed E-state index contributed by atoms with van der Waals surface area (Å²) >= 11 is 0. The Morgan fingerprint density at radius 3 is 2.53 bits per heavy atom. The van der Waals surface area contributed by atoms with E-state index in [-0.39, 0.29) is 5.91 Å². The highest BCUT2D eigenvalue weighted by molar-refractivity contribution is 5.87. The van der Waals surface area contributed by atoms with Gasteiger partial charge in [-0.25, -0.2) is 4.79 Å². The maximum atomic E-state index is 11.8. The molecule has 0 aromatic heterocycles. The molecule has 2 atom stereocenters. The van der Waals surface area contributed by atoms with Gasteiger partial charge in [0.05, 0.1) is 13.2 Å². The van der Waals surface area contributed by atoms with Crippen molar-refractivity contribution in [3.63, 3.8) is 0 Å². The SMILES string of the molecule is COC(=O)C(C)NC(=O)C(N)CCc1ccccc1. The molecule has 1 aromatic rings. The van der Waals surface area contributed by atoms with E-state index in [4.69, 9.17) is 5.73 Å². The summed E-state index contributed by atoms with van der Waals surface area (Å²) in [6.07, 6.45) is 1.26. The van der Waals surface area contributed by atoms with Crippen LogP contribution in [0.15, 0.2) is 30.3 Å². The number of methoxy groups -OCH3 is 1. The van der Waals surface area contributed by atoms with Gasteiger partial charge >= 0.3 is 5.97 Å². The number of benzene rings is 1. The molecule has 5 heteroatoms. The van der Waals surface area contributed by atoms with Gasteiger partial charge in [-0.2, -0.15) is 0 Å². The normalized spacial score (nSPS) is 13.4. The number of hydrogen-bond acceptors (Lipinski definition) is 4. The molecule has 3 N–H and O–H groups in total. The van der Waals surface area contributed by atoms with E-state index in [1.54, 1.807) is 6.92 Å². The van der Waals surface area contributed by atoms with Crippen molar-refractivity contribution >= 4 is 11.9 Å². The second-order valence-electron chi connectivity index (χ2n) is 4.38. The molecular weight excluding hydrogens is 244 g/mol. The summed E-state index contributed by atoms with van der Waals surface area (Å²) in [4.78, 5) is 22.9. The zero-order valence-electron chi connectivity index (χ0n) is 11.3. The lowest BCUT2D eigenvalue weighted by Gasteiger charge is -2.15. The molecule has 0 bridgehead atoms. The van der Waals surface area contributed by atoms with Crippen LogP contribution in [0.25, 0.3) is 0 Å². The van der Waals surface area contributed by atoms with E-state index in [0.717, 1.165) is 12.0 Å². The predicted molar refractivity (Wildman–Crippen MR) is 72.4 cm³/mol. The van der Waals surface area contributed by atoms with Gasteiger partial charge in [-0.1, -0.05) is 30.3 Å². The molecule has 0 fully saturated rings. The first kappa shape index (κ1) is 15.2. The van der Waals surface area contributed by atoms with Crippen molar-refractivity contribution in [2.45, 2.75) is 31.8 Å². The number of nitrogens with two attached hydrogens (primary N) is 1. The van der Waals surface area contributed by atoms with Crippen molar-refractivity contribution < 1.29 is 14.3 Å². The minimum atomic E-state index is -0.680. The van der Waals surface area contributed by atoms with Crippen LogP contribution in [0.5, 0.6) is 0 Å². The molecule has 0 aliphatic carbocycles. The van der Waals surface area contributed by atoms with Crippen molar-refractivity contribution in [2.75, 3.05) is 7.11 Å². The molecule has 0 heterocycles. The fourth-order valence-corrected chi connectivity index (χ4v) is 1.65. The van der Waals surface area contributed by atoms with Crippen molar-refractivity contribution in [2.24, 2.45) is 5.73 Å². The summed E-state index contributed by atoms with van der Waals surface area (Å²) in [5.74, 6) is -0.822. The van der Waals surface area contributed by atoms with E-state index >= 15 is 0 Å². The highest BCUT2D eigenvalue weighted by Gasteiger charge is 2.20. The molecule has 1 amide bonds. The van der Waals surface area contributed by atoms with E-state index in [0.29, 0.717) is 6.42 Å². The van der Waals surface area contributed by atoms with Gasteiger partial charge in [0.2, 0.25) is 5.91 Å². The first-order valence-corrected chi connectivity index (χ1v) is 6.22. The van der Waals surface area contributed by atoms with Crippen LogP contribution >= 0.6 is 0 Å². The Morgan fingerprint density at radius 2 is 1.95 bits per heavy atom. The van der Waals surface area contributed by atoms with Gasteiger partial charge in [0, 0.05) is 0 Å². The molecule has 0 radical (unpaired) electrons. The van der Waals surface area contributed by atoms with Gasteiger partial charge in [-0.3, -0.25) is 4.79 Å². The molecule has 0 aliphatic heterocycles. The standard InChI is InChI=1S/C14H20N2O3/c1-10(14(18)19-2)16-13(17)12(15)9-8-11-6-4-3-5-7-11/h3-7,10,12H,8-9,15H2,1-2H3,(H,16,17). The smallest absolute Gasteiger partial charge is 0.328 e. The maximum absolute atomic E-state index is 11.8. The maximum Gasteiger partial charge on any atom is 0.328 e. The first-order chi connectivity index (χ1) is 9.04. The Kier molecular flexibility index (Phi) is 6.02. The van der Waals surface area contributed by atoms with Crippen LogP contribution in [0.1, 0.15) is 18.9 Å². The van der Waals surface area contributed by atoms with Gasteiger partial charge < -0.3 is 15.8 Å². The summed E-state index contributed by atoms with van der Waals surface area (Å²) in [7, 11) is 1.28. The molecule has 0 saturated carbocycles. The third kappa shape index (κ3) is 5.09. The number of esters is 1. The molecule has 19 heavy (non-hydrogen) atoms. The molecule has 5 nitrogen and oxygen atoms in total. The Morgan fingerprint density at radius 1 is 1.32 bits per heavy atom. The van der Waals surface area contributed by atoms with Crippen LogP contribution in [0.4, 0.5) is 0 Å². The topological polar surface area (TPSA) is 81.4 Å². The molecule has 104 valence electrons. The quantitative estimate of drug-likeness (QED) is 0.738. The molecule has 1 aromatic carbocycles. The van der Waals surface area contributed by atoms with Crippen molar-refractivity contribution in [1.82, 2.24) is 5.32 Å². The van der Waals surface area contributed by atoms with Crippen LogP contribution in [0.2, 0.25) is 0 Å². The predicted octanol–water partition coefficient (Wildman–Crippen LogP) is 0.624. The number of carbonyl (C=O) groups excluding carboxylic acids is 2. The fourth-order valence-electron chi connectivity index (χ4n) is 1.65. The number of amides is 1. The summed E-state index contributed by atoms with van der Waals surface area (Å²) in [5, 5.41) is 2.53. The minimum Gasteiger partial charge on any atom is -0.467 e. The highest BCUT2D eigenvalue weighted by atomic mass is 16.5. The van der Waals surface area contributed by atoms with Crippen LogP contribution in [0.3, 0.4) is 0 Å². The molecule has 0 aliphatic rings. The van der Waals surface area contributed by atoms with Crippen molar-refractivity contribution in [3.05, 3.63) is 35.9 Å².